The van der Waals surface area contributed by atoms with Gasteiger partial charge in [-0.05, 0) is 18.6 Å². The van der Waals surface area contributed by atoms with E-state index >= 15 is 0 Å². The molecule has 0 unspecified atom stereocenters. The lowest BCUT2D eigenvalue weighted by atomic mass is 10.3. The first kappa shape index (κ1) is 17.8. The van der Waals surface area contributed by atoms with Gasteiger partial charge in [0.25, 0.3) is 6.01 Å². The van der Waals surface area contributed by atoms with E-state index in [-0.39, 0.29) is 11.8 Å². The maximum atomic E-state index is 6.02. The van der Waals surface area contributed by atoms with Gasteiger partial charge in [-0.15, -0.1) is 0 Å². The fourth-order valence-corrected chi connectivity index (χ4v) is 2.48. The number of methoxy groups -OCH3 is 1. The molecule has 0 saturated heterocycles. The van der Waals surface area contributed by atoms with Crippen LogP contribution in [0.2, 0.25) is 0 Å². The molecule has 2 N–H and O–H groups in total. The molecule has 0 radical (unpaired) electrons. The molecule has 0 aliphatic rings. The summed E-state index contributed by atoms with van der Waals surface area (Å²) in [6, 6.07) is 10.3. The van der Waals surface area contributed by atoms with Gasteiger partial charge in [-0.25, -0.2) is 0 Å². The van der Waals surface area contributed by atoms with Crippen molar-refractivity contribution in [3.05, 3.63) is 30.3 Å². The lowest BCUT2D eigenvalue weighted by Gasteiger charge is -2.10. The van der Waals surface area contributed by atoms with Crippen molar-refractivity contribution >= 4 is 17.0 Å². The summed E-state index contributed by atoms with van der Waals surface area (Å²) in [5.41, 5.74) is 7.08. The summed E-state index contributed by atoms with van der Waals surface area (Å²) >= 11 is 0. The third kappa shape index (κ3) is 3.96. The van der Waals surface area contributed by atoms with Crippen molar-refractivity contribution in [3.63, 3.8) is 0 Å². The summed E-state index contributed by atoms with van der Waals surface area (Å²) in [4.78, 5) is 13.0. The Bertz CT molecular complexity index is 851. The molecule has 3 rings (SSSR count). The second-order valence-corrected chi connectivity index (χ2v) is 5.68. The summed E-state index contributed by atoms with van der Waals surface area (Å²) in [7, 11) is 1.55. The molecule has 3 aromatic rings. The second-order valence-electron chi connectivity index (χ2n) is 5.68. The lowest BCUT2D eigenvalue weighted by molar-refractivity contribution is 0.280. The molecule has 0 aliphatic heterocycles. The number of unbranched alkanes of at least 4 members (excludes halogenated alkanes) is 1. The number of benzene rings is 1. The molecule has 8 nitrogen and oxygen atoms in total. The van der Waals surface area contributed by atoms with Crippen LogP contribution in [-0.2, 0) is 6.54 Å². The monoisotopic (exact) mass is 357 g/mol. The van der Waals surface area contributed by atoms with Crippen molar-refractivity contribution in [1.82, 2.24) is 19.5 Å². The number of nitrogens with two attached hydrogens (primary N) is 1. The van der Waals surface area contributed by atoms with E-state index in [1.54, 1.807) is 7.11 Å². The highest BCUT2D eigenvalue weighted by molar-refractivity contribution is 5.83. The van der Waals surface area contributed by atoms with Crippen molar-refractivity contribution in [2.45, 2.75) is 26.3 Å². The minimum atomic E-state index is 0.247. The molecular formula is C18H23N5O3. The van der Waals surface area contributed by atoms with Gasteiger partial charge >= 0.3 is 6.01 Å². The molecule has 0 atom stereocenters. The Balaban J connectivity index is 1.82. The van der Waals surface area contributed by atoms with Crippen LogP contribution < -0.4 is 19.9 Å². The van der Waals surface area contributed by atoms with Crippen LogP contribution >= 0.6 is 0 Å². The predicted octanol–water partition coefficient (Wildman–Crippen LogP) is 2.68. The van der Waals surface area contributed by atoms with Crippen molar-refractivity contribution in [1.29, 1.82) is 0 Å². The number of aromatic nitrogens is 4. The van der Waals surface area contributed by atoms with Gasteiger partial charge in [-0.2, -0.15) is 15.0 Å². The Morgan fingerprint density at radius 2 is 1.85 bits per heavy atom. The summed E-state index contributed by atoms with van der Waals surface area (Å²) in [5, 5.41) is 0. The van der Waals surface area contributed by atoms with Crippen molar-refractivity contribution in [2.75, 3.05) is 26.1 Å². The number of hydrogen-bond donors (Lipinski definition) is 1. The Hall–Kier alpha value is -3.03. The number of imidazole rings is 1. The van der Waals surface area contributed by atoms with Crippen molar-refractivity contribution < 1.29 is 14.2 Å². The summed E-state index contributed by atoms with van der Waals surface area (Å²) in [6.07, 6.45) is 1.95. The Morgan fingerprint density at radius 3 is 2.58 bits per heavy atom. The van der Waals surface area contributed by atoms with E-state index in [1.807, 2.05) is 34.9 Å². The van der Waals surface area contributed by atoms with Crippen molar-refractivity contribution in [2.24, 2.45) is 0 Å². The first-order valence-corrected chi connectivity index (χ1v) is 8.61. The van der Waals surface area contributed by atoms with Gasteiger partial charge in [0.15, 0.2) is 17.0 Å². The number of fused-ring (bicyclic) bond motifs is 1. The predicted molar refractivity (Wildman–Crippen MR) is 98.6 cm³/mol. The van der Waals surface area contributed by atoms with E-state index in [1.165, 1.54) is 0 Å². The van der Waals surface area contributed by atoms with Crippen LogP contribution in [0.15, 0.2) is 30.3 Å². The second kappa shape index (κ2) is 8.37. The molecule has 2 heterocycles. The number of ether oxygens (including phenoxy) is 3. The fraction of sp³-hybridized carbons (Fsp3) is 0.389. The van der Waals surface area contributed by atoms with E-state index in [0.29, 0.717) is 36.9 Å². The summed E-state index contributed by atoms with van der Waals surface area (Å²) in [5.74, 6) is 1.07. The zero-order chi connectivity index (χ0) is 18.4. The van der Waals surface area contributed by atoms with Crippen LogP contribution in [0.25, 0.3) is 11.2 Å². The van der Waals surface area contributed by atoms with Gasteiger partial charge in [0.05, 0.1) is 20.3 Å². The number of hydrogen-bond acceptors (Lipinski definition) is 7. The normalized spacial score (nSPS) is 10.8. The molecule has 1 aromatic carbocycles. The van der Waals surface area contributed by atoms with Gasteiger partial charge < -0.3 is 19.9 Å². The number of rotatable bonds is 9. The number of para-hydroxylation sites is 1. The van der Waals surface area contributed by atoms with Gasteiger partial charge in [0.1, 0.15) is 12.4 Å². The number of anilines is 1. The average molecular weight is 357 g/mol. The Morgan fingerprint density at radius 1 is 1.04 bits per heavy atom. The minimum Gasteiger partial charge on any atom is -0.492 e. The Labute approximate surface area is 151 Å². The average Bonchev–Trinajstić information content (AvgIpc) is 3.01. The highest BCUT2D eigenvalue weighted by Gasteiger charge is 2.18. The largest absolute Gasteiger partial charge is 0.492 e. The standard InChI is InChI=1S/C18H23N5O3/c1-3-4-11-26-17-21-15(19)14-16(22-17)23(18(20-14)24-2)10-12-25-13-8-6-5-7-9-13/h5-9H,3-4,10-12H2,1-2H3,(H2,19,21,22). The van der Waals surface area contributed by atoms with E-state index < -0.39 is 0 Å². The smallest absolute Gasteiger partial charge is 0.320 e. The molecule has 0 amide bonds. The lowest BCUT2D eigenvalue weighted by Crippen LogP contribution is -2.11. The molecule has 2 aromatic heterocycles. The zero-order valence-electron chi connectivity index (χ0n) is 15.0. The molecule has 8 heteroatoms. The highest BCUT2D eigenvalue weighted by Crippen LogP contribution is 2.25. The summed E-state index contributed by atoms with van der Waals surface area (Å²) < 4.78 is 18.5. The topological polar surface area (TPSA) is 97.3 Å². The SMILES string of the molecule is CCCCOc1nc(N)c2nc(OC)n(CCOc3ccccc3)c2n1. The van der Waals surface area contributed by atoms with E-state index in [2.05, 4.69) is 21.9 Å². The van der Waals surface area contributed by atoms with Gasteiger partial charge in [-0.1, -0.05) is 31.5 Å². The Kier molecular flexibility index (Phi) is 5.73. The third-order valence-electron chi connectivity index (χ3n) is 3.80. The molecule has 26 heavy (non-hydrogen) atoms. The summed E-state index contributed by atoms with van der Waals surface area (Å²) in [6.45, 7) is 3.57. The quantitative estimate of drug-likeness (QED) is 0.588. The maximum Gasteiger partial charge on any atom is 0.320 e. The van der Waals surface area contributed by atoms with Crippen LogP contribution in [-0.4, -0.2) is 39.8 Å². The molecule has 0 bridgehead atoms. The highest BCUT2D eigenvalue weighted by atomic mass is 16.5. The first-order chi connectivity index (χ1) is 12.7. The maximum absolute atomic E-state index is 6.02. The van der Waals surface area contributed by atoms with Crippen LogP contribution in [0.5, 0.6) is 17.8 Å². The fourth-order valence-electron chi connectivity index (χ4n) is 2.48. The van der Waals surface area contributed by atoms with Crippen LogP contribution in [0, 0.1) is 0 Å². The van der Waals surface area contributed by atoms with Crippen LogP contribution in [0.3, 0.4) is 0 Å². The molecule has 0 aliphatic carbocycles. The molecule has 0 spiro atoms. The minimum absolute atomic E-state index is 0.247. The number of nitrogen functional groups attached to an aromatic ring is 1. The van der Waals surface area contributed by atoms with E-state index in [4.69, 9.17) is 19.9 Å². The van der Waals surface area contributed by atoms with E-state index in [0.717, 1.165) is 18.6 Å². The van der Waals surface area contributed by atoms with Gasteiger partial charge in [0.2, 0.25) is 0 Å². The van der Waals surface area contributed by atoms with E-state index in [9.17, 15) is 0 Å². The third-order valence-corrected chi connectivity index (χ3v) is 3.80. The van der Waals surface area contributed by atoms with Crippen LogP contribution in [0.4, 0.5) is 5.82 Å². The molecule has 0 saturated carbocycles. The molecule has 0 fully saturated rings. The van der Waals surface area contributed by atoms with Gasteiger partial charge in [0, 0.05) is 0 Å². The molecule has 138 valence electrons. The first-order valence-electron chi connectivity index (χ1n) is 8.61. The molecular weight excluding hydrogens is 334 g/mol. The zero-order valence-corrected chi connectivity index (χ0v) is 15.0. The van der Waals surface area contributed by atoms with Gasteiger partial charge in [-0.3, -0.25) is 4.57 Å². The number of nitrogens with zero attached hydrogens (tertiary/aromatic N) is 4. The van der Waals surface area contributed by atoms with Crippen LogP contribution in [0.1, 0.15) is 19.8 Å². The van der Waals surface area contributed by atoms with Crippen molar-refractivity contribution in [3.8, 4) is 17.8 Å².